The van der Waals surface area contributed by atoms with E-state index >= 15 is 0 Å². The van der Waals surface area contributed by atoms with E-state index in [0.717, 1.165) is 46.3 Å². The fraction of sp³-hybridized carbons (Fsp3) is 0.318. The van der Waals surface area contributed by atoms with Crippen LogP contribution in [-0.4, -0.2) is 65.2 Å². The summed E-state index contributed by atoms with van der Waals surface area (Å²) in [7, 11) is 0. The summed E-state index contributed by atoms with van der Waals surface area (Å²) in [5, 5.41) is 11.6. The number of aromatic nitrogens is 1. The zero-order valence-electron chi connectivity index (χ0n) is 16.4. The number of carboxylic acid groups (broad SMARTS) is 1. The maximum Gasteiger partial charge on any atom is 0.325 e. The van der Waals surface area contributed by atoms with Crippen LogP contribution >= 0.6 is 27.5 Å². The van der Waals surface area contributed by atoms with Crippen LogP contribution in [-0.2, 0) is 4.79 Å². The SMILES string of the molecule is O=C(O)[C@H](c1c[nH]c2ccc(Br)cc12)N1CCN(CCOc2ccc(Cl)cc2)CC1. The standard InChI is InChI=1S/C22H23BrClN3O3/c23-15-1-6-20-18(13-15)19(14-25-20)21(22(28)29)27-9-7-26(8-10-27)11-12-30-17-4-2-16(24)3-5-17/h1-6,13-14,21,25H,7-12H2,(H,28,29)/t21-/m0/s1. The zero-order valence-corrected chi connectivity index (χ0v) is 18.7. The smallest absolute Gasteiger partial charge is 0.325 e. The van der Waals surface area contributed by atoms with Gasteiger partial charge in [0.05, 0.1) is 0 Å². The lowest BCUT2D eigenvalue weighted by atomic mass is 10.0. The van der Waals surface area contributed by atoms with Crippen molar-refractivity contribution in [1.29, 1.82) is 0 Å². The van der Waals surface area contributed by atoms with Gasteiger partial charge in [-0.15, -0.1) is 0 Å². The first-order chi connectivity index (χ1) is 14.5. The van der Waals surface area contributed by atoms with Gasteiger partial charge in [-0.05, 0) is 42.5 Å². The predicted molar refractivity (Wildman–Crippen MR) is 121 cm³/mol. The third kappa shape index (κ3) is 4.81. The average Bonchev–Trinajstić information content (AvgIpc) is 3.13. The van der Waals surface area contributed by atoms with Crippen LogP contribution in [0.15, 0.2) is 53.1 Å². The quantitative estimate of drug-likeness (QED) is 0.511. The van der Waals surface area contributed by atoms with Gasteiger partial charge in [0.15, 0.2) is 0 Å². The largest absolute Gasteiger partial charge is 0.492 e. The van der Waals surface area contributed by atoms with E-state index in [9.17, 15) is 9.90 Å². The van der Waals surface area contributed by atoms with Crippen molar-refractivity contribution in [2.75, 3.05) is 39.3 Å². The second-order valence-corrected chi connectivity index (χ2v) is 8.71. The average molecular weight is 493 g/mol. The van der Waals surface area contributed by atoms with E-state index in [1.165, 1.54) is 0 Å². The Bertz CT molecular complexity index is 1020. The van der Waals surface area contributed by atoms with E-state index < -0.39 is 12.0 Å². The number of carboxylic acids is 1. The van der Waals surface area contributed by atoms with Gasteiger partial charge in [-0.3, -0.25) is 14.6 Å². The summed E-state index contributed by atoms with van der Waals surface area (Å²) in [5.41, 5.74) is 1.75. The van der Waals surface area contributed by atoms with Crippen LogP contribution in [0.3, 0.4) is 0 Å². The lowest BCUT2D eigenvalue weighted by molar-refractivity contribution is -0.144. The number of rotatable bonds is 7. The number of ether oxygens (including phenoxy) is 1. The van der Waals surface area contributed by atoms with Gasteiger partial charge in [-0.25, -0.2) is 0 Å². The van der Waals surface area contributed by atoms with Gasteiger partial charge in [0.25, 0.3) is 0 Å². The molecule has 1 aliphatic rings. The topological polar surface area (TPSA) is 68.8 Å². The second kappa shape index (κ2) is 9.39. The van der Waals surface area contributed by atoms with Gasteiger partial charge in [0.1, 0.15) is 18.4 Å². The number of hydrogen-bond donors (Lipinski definition) is 2. The maximum absolute atomic E-state index is 12.1. The van der Waals surface area contributed by atoms with E-state index in [4.69, 9.17) is 16.3 Å². The molecule has 1 aromatic heterocycles. The molecular formula is C22H23BrClN3O3. The Morgan fingerprint density at radius 1 is 1.17 bits per heavy atom. The highest BCUT2D eigenvalue weighted by atomic mass is 79.9. The molecular weight excluding hydrogens is 470 g/mol. The van der Waals surface area contributed by atoms with Gasteiger partial charge in [-0.2, -0.15) is 0 Å². The van der Waals surface area contributed by atoms with Crippen molar-refractivity contribution in [2.45, 2.75) is 6.04 Å². The van der Waals surface area contributed by atoms with Crippen LogP contribution in [0, 0.1) is 0 Å². The van der Waals surface area contributed by atoms with E-state index in [0.29, 0.717) is 24.7 Å². The lowest BCUT2D eigenvalue weighted by Gasteiger charge is -2.37. The summed E-state index contributed by atoms with van der Waals surface area (Å²) in [6.07, 6.45) is 1.82. The van der Waals surface area contributed by atoms with E-state index in [1.807, 2.05) is 53.6 Å². The first kappa shape index (κ1) is 21.2. The van der Waals surface area contributed by atoms with Crippen molar-refractivity contribution >= 4 is 44.4 Å². The molecule has 0 radical (unpaired) electrons. The number of piperazine rings is 1. The molecule has 0 spiro atoms. The number of nitrogens with one attached hydrogen (secondary N) is 1. The monoisotopic (exact) mass is 491 g/mol. The molecule has 4 rings (SSSR count). The van der Waals surface area contributed by atoms with Crippen LogP contribution < -0.4 is 4.74 Å². The van der Waals surface area contributed by atoms with Crippen molar-refractivity contribution in [3.8, 4) is 5.75 Å². The van der Waals surface area contributed by atoms with Gasteiger partial charge in [0.2, 0.25) is 0 Å². The molecule has 158 valence electrons. The molecule has 1 aliphatic heterocycles. The van der Waals surface area contributed by atoms with E-state index in [2.05, 4.69) is 25.8 Å². The van der Waals surface area contributed by atoms with Crippen molar-refractivity contribution in [1.82, 2.24) is 14.8 Å². The first-order valence-corrected chi connectivity index (χ1v) is 11.0. The molecule has 0 amide bonds. The number of halogens is 2. The minimum Gasteiger partial charge on any atom is -0.492 e. The fourth-order valence-electron chi connectivity index (χ4n) is 3.90. The molecule has 0 unspecified atom stereocenters. The van der Waals surface area contributed by atoms with Crippen molar-refractivity contribution in [3.05, 3.63) is 63.7 Å². The minimum absolute atomic E-state index is 0.584. The zero-order chi connectivity index (χ0) is 21.1. The molecule has 2 heterocycles. The Labute approximate surface area is 188 Å². The molecule has 30 heavy (non-hydrogen) atoms. The van der Waals surface area contributed by atoms with Crippen LogP contribution in [0.25, 0.3) is 10.9 Å². The number of aromatic amines is 1. The number of H-pyrrole nitrogens is 1. The summed E-state index contributed by atoms with van der Waals surface area (Å²) in [6, 6.07) is 12.6. The van der Waals surface area contributed by atoms with Crippen molar-refractivity contribution in [3.63, 3.8) is 0 Å². The highest BCUT2D eigenvalue weighted by Gasteiger charge is 2.32. The predicted octanol–water partition coefficient (Wildman–Crippen LogP) is 4.41. The molecule has 1 saturated heterocycles. The van der Waals surface area contributed by atoms with Crippen molar-refractivity contribution < 1.29 is 14.6 Å². The number of fused-ring (bicyclic) bond motifs is 1. The Balaban J connectivity index is 1.36. The second-order valence-electron chi connectivity index (χ2n) is 7.35. The molecule has 3 aromatic rings. The fourth-order valence-corrected chi connectivity index (χ4v) is 4.38. The Hall–Kier alpha value is -2.06. The highest BCUT2D eigenvalue weighted by molar-refractivity contribution is 9.10. The number of carbonyl (C=O) groups is 1. The molecule has 2 N–H and O–H groups in total. The van der Waals surface area contributed by atoms with E-state index in [-0.39, 0.29) is 0 Å². The Morgan fingerprint density at radius 3 is 2.60 bits per heavy atom. The molecule has 6 nitrogen and oxygen atoms in total. The summed E-state index contributed by atoms with van der Waals surface area (Å²) in [4.78, 5) is 19.7. The van der Waals surface area contributed by atoms with Gasteiger partial charge in [-0.1, -0.05) is 27.5 Å². The minimum atomic E-state index is -0.824. The van der Waals surface area contributed by atoms with Crippen LogP contribution in [0.2, 0.25) is 5.02 Å². The number of hydrogen-bond acceptors (Lipinski definition) is 4. The van der Waals surface area contributed by atoms with Gasteiger partial charge in [0, 0.05) is 64.9 Å². The van der Waals surface area contributed by atoms with E-state index in [1.54, 1.807) is 0 Å². The third-order valence-electron chi connectivity index (χ3n) is 5.47. The number of nitrogens with zero attached hydrogens (tertiary/aromatic N) is 2. The van der Waals surface area contributed by atoms with Gasteiger partial charge >= 0.3 is 5.97 Å². The summed E-state index contributed by atoms with van der Waals surface area (Å²) >= 11 is 9.38. The maximum atomic E-state index is 12.1. The number of aliphatic carboxylic acids is 1. The van der Waals surface area contributed by atoms with Crippen molar-refractivity contribution in [2.24, 2.45) is 0 Å². The first-order valence-electron chi connectivity index (χ1n) is 9.85. The summed E-state index contributed by atoms with van der Waals surface area (Å²) in [5.74, 6) is -0.0233. The van der Waals surface area contributed by atoms with Gasteiger partial charge < -0.3 is 14.8 Å². The third-order valence-corrected chi connectivity index (χ3v) is 6.21. The van der Waals surface area contributed by atoms with Crippen LogP contribution in [0.4, 0.5) is 0 Å². The summed E-state index contributed by atoms with van der Waals surface area (Å²) in [6.45, 7) is 4.38. The molecule has 1 atom stereocenters. The molecule has 8 heteroatoms. The summed E-state index contributed by atoms with van der Waals surface area (Å²) < 4.78 is 6.71. The molecule has 0 saturated carbocycles. The number of benzene rings is 2. The molecule has 0 bridgehead atoms. The highest BCUT2D eigenvalue weighted by Crippen LogP contribution is 2.31. The van der Waals surface area contributed by atoms with Crippen LogP contribution in [0.5, 0.6) is 5.75 Å². The Kier molecular flexibility index (Phi) is 6.63. The molecule has 2 aromatic carbocycles. The normalized spacial score (nSPS) is 16.6. The lowest BCUT2D eigenvalue weighted by Crippen LogP contribution is -2.50. The molecule has 0 aliphatic carbocycles. The Morgan fingerprint density at radius 2 is 1.90 bits per heavy atom. The van der Waals surface area contributed by atoms with Crippen LogP contribution in [0.1, 0.15) is 11.6 Å². The molecule has 1 fully saturated rings.